The smallest absolute Gasteiger partial charge is 0.120 e. The van der Waals surface area contributed by atoms with Crippen LogP contribution in [-0.2, 0) is 6.54 Å². The minimum atomic E-state index is 0.759. The summed E-state index contributed by atoms with van der Waals surface area (Å²) in [7, 11) is 2.15. The van der Waals surface area contributed by atoms with Crippen LogP contribution in [0.4, 0.5) is 0 Å². The van der Waals surface area contributed by atoms with Gasteiger partial charge in [-0.05, 0) is 44.6 Å². The maximum atomic E-state index is 5.70. The van der Waals surface area contributed by atoms with E-state index in [-0.39, 0.29) is 0 Å². The normalized spacial score (nSPS) is 11.4. The van der Waals surface area contributed by atoms with Crippen molar-refractivity contribution in [1.82, 2.24) is 15.1 Å². The van der Waals surface area contributed by atoms with Gasteiger partial charge in [0.2, 0.25) is 0 Å². The lowest BCUT2D eigenvalue weighted by Crippen LogP contribution is -2.19. The first-order valence-electron chi connectivity index (χ1n) is 7.53. The van der Waals surface area contributed by atoms with Gasteiger partial charge in [0.1, 0.15) is 5.75 Å². The van der Waals surface area contributed by atoms with E-state index in [2.05, 4.69) is 42.1 Å². The number of fused-ring (bicyclic) bond motifs is 1. The molecule has 4 heteroatoms. The minimum Gasteiger partial charge on any atom is -0.494 e. The quantitative estimate of drug-likeness (QED) is 0.800. The Balaban J connectivity index is 2.12. The van der Waals surface area contributed by atoms with Crippen LogP contribution in [0.25, 0.3) is 10.9 Å². The molecule has 2 aromatic rings. The molecule has 1 aromatic heterocycles. The van der Waals surface area contributed by atoms with E-state index in [1.165, 1.54) is 23.9 Å². The standard InChI is InChI=1S/C16H25N3O/c1-4-6-9-19(3)12-16-14-11-13(20-10-5-2)7-8-15(14)17-18-16/h7-8,11H,4-6,9-10,12H2,1-3H3,(H,17,18). The van der Waals surface area contributed by atoms with Crippen LogP contribution in [-0.4, -0.2) is 35.3 Å². The number of benzene rings is 1. The molecule has 1 N–H and O–H groups in total. The van der Waals surface area contributed by atoms with Gasteiger partial charge < -0.3 is 9.64 Å². The van der Waals surface area contributed by atoms with Gasteiger partial charge in [-0.25, -0.2) is 0 Å². The number of aromatic amines is 1. The molecule has 0 saturated carbocycles. The van der Waals surface area contributed by atoms with Crippen LogP contribution in [0.2, 0.25) is 0 Å². The van der Waals surface area contributed by atoms with E-state index in [1.54, 1.807) is 0 Å². The first kappa shape index (κ1) is 14.9. The summed E-state index contributed by atoms with van der Waals surface area (Å²) in [4.78, 5) is 2.33. The van der Waals surface area contributed by atoms with Gasteiger partial charge in [0.25, 0.3) is 0 Å². The van der Waals surface area contributed by atoms with E-state index in [1.807, 2.05) is 12.1 Å². The number of H-pyrrole nitrogens is 1. The fraction of sp³-hybridized carbons (Fsp3) is 0.562. The molecule has 1 heterocycles. The number of hydrogen-bond donors (Lipinski definition) is 1. The molecule has 0 aliphatic carbocycles. The van der Waals surface area contributed by atoms with E-state index in [0.29, 0.717) is 0 Å². The average Bonchev–Trinajstić information content (AvgIpc) is 2.85. The van der Waals surface area contributed by atoms with Crippen molar-refractivity contribution in [3.8, 4) is 5.75 Å². The van der Waals surface area contributed by atoms with E-state index < -0.39 is 0 Å². The predicted molar refractivity (Wildman–Crippen MR) is 83.1 cm³/mol. The van der Waals surface area contributed by atoms with E-state index in [4.69, 9.17) is 4.74 Å². The number of rotatable bonds is 8. The molecule has 0 amide bonds. The molecular formula is C16H25N3O. The maximum Gasteiger partial charge on any atom is 0.120 e. The van der Waals surface area contributed by atoms with Gasteiger partial charge in [-0.3, -0.25) is 5.10 Å². The minimum absolute atomic E-state index is 0.759. The average molecular weight is 275 g/mol. The van der Waals surface area contributed by atoms with Crippen LogP contribution >= 0.6 is 0 Å². The molecule has 1 aromatic carbocycles. The van der Waals surface area contributed by atoms with Crippen LogP contribution in [0.15, 0.2) is 18.2 Å². The molecule has 110 valence electrons. The Kier molecular flexibility index (Phi) is 5.41. The molecule has 0 bridgehead atoms. The van der Waals surface area contributed by atoms with E-state index in [0.717, 1.165) is 37.4 Å². The molecule has 0 fully saturated rings. The zero-order valence-electron chi connectivity index (χ0n) is 12.8. The summed E-state index contributed by atoms with van der Waals surface area (Å²) in [6.45, 7) is 7.10. The molecule has 0 atom stereocenters. The summed E-state index contributed by atoms with van der Waals surface area (Å²) in [6, 6.07) is 6.10. The Bertz CT molecular complexity index is 536. The SMILES string of the molecule is CCCCN(C)Cc1[nH]nc2ccc(OCCC)cc12. The van der Waals surface area contributed by atoms with Crippen molar-refractivity contribution in [2.45, 2.75) is 39.7 Å². The highest BCUT2D eigenvalue weighted by atomic mass is 16.5. The molecule has 0 saturated heterocycles. The van der Waals surface area contributed by atoms with Crippen LogP contribution in [0.5, 0.6) is 5.75 Å². The molecule has 0 aliphatic rings. The number of ether oxygens (including phenoxy) is 1. The summed E-state index contributed by atoms with van der Waals surface area (Å²) in [6.07, 6.45) is 3.48. The summed E-state index contributed by atoms with van der Waals surface area (Å²) in [5.74, 6) is 0.929. The topological polar surface area (TPSA) is 41.2 Å². The van der Waals surface area contributed by atoms with Gasteiger partial charge in [0.05, 0.1) is 17.8 Å². The Morgan fingerprint density at radius 1 is 1.25 bits per heavy atom. The lowest BCUT2D eigenvalue weighted by atomic mass is 10.2. The van der Waals surface area contributed by atoms with Gasteiger partial charge in [-0.1, -0.05) is 20.3 Å². The Hall–Kier alpha value is -1.55. The first-order valence-corrected chi connectivity index (χ1v) is 7.53. The second kappa shape index (κ2) is 7.29. The number of nitrogens with one attached hydrogen (secondary N) is 1. The van der Waals surface area contributed by atoms with Crippen LogP contribution < -0.4 is 4.74 Å². The summed E-state index contributed by atoms with van der Waals surface area (Å²) in [5.41, 5.74) is 2.17. The molecular weight excluding hydrogens is 250 g/mol. The van der Waals surface area contributed by atoms with Crippen molar-refractivity contribution >= 4 is 10.9 Å². The lowest BCUT2D eigenvalue weighted by molar-refractivity contribution is 0.316. The van der Waals surface area contributed by atoms with Crippen molar-refractivity contribution < 1.29 is 4.74 Å². The van der Waals surface area contributed by atoms with Gasteiger partial charge >= 0.3 is 0 Å². The molecule has 0 radical (unpaired) electrons. The predicted octanol–water partition coefficient (Wildman–Crippen LogP) is 3.58. The summed E-state index contributed by atoms with van der Waals surface area (Å²) >= 11 is 0. The Morgan fingerprint density at radius 3 is 2.85 bits per heavy atom. The van der Waals surface area contributed by atoms with Gasteiger partial charge in [-0.15, -0.1) is 0 Å². The monoisotopic (exact) mass is 275 g/mol. The number of nitrogens with zero attached hydrogens (tertiary/aromatic N) is 2. The fourth-order valence-electron chi connectivity index (χ4n) is 2.25. The highest BCUT2D eigenvalue weighted by Crippen LogP contribution is 2.23. The molecule has 0 unspecified atom stereocenters. The Labute approximate surface area is 121 Å². The van der Waals surface area contributed by atoms with Crippen molar-refractivity contribution in [2.75, 3.05) is 20.2 Å². The summed E-state index contributed by atoms with van der Waals surface area (Å²) < 4.78 is 5.70. The van der Waals surface area contributed by atoms with Crippen molar-refractivity contribution in [3.05, 3.63) is 23.9 Å². The fourth-order valence-corrected chi connectivity index (χ4v) is 2.25. The highest BCUT2D eigenvalue weighted by Gasteiger charge is 2.09. The molecule has 2 rings (SSSR count). The molecule has 20 heavy (non-hydrogen) atoms. The van der Waals surface area contributed by atoms with E-state index in [9.17, 15) is 0 Å². The second-order valence-electron chi connectivity index (χ2n) is 5.32. The number of aromatic nitrogens is 2. The van der Waals surface area contributed by atoms with Crippen LogP contribution in [0.1, 0.15) is 38.8 Å². The van der Waals surface area contributed by atoms with Crippen LogP contribution in [0.3, 0.4) is 0 Å². The zero-order valence-corrected chi connectivity index (χ0v) is 12.8. The highest BCUT2D eigenvalue weighted by molar-refractivity contribution is 5.82. The molecule has 0 aliphatic heterocycles. The van der Waals surface area contributed by atoms with Crippen molar-refractivity contribution in [3.63, 3.8) is 0 Å². The lowest BCUT2D eigenvalue weighted by Gasteiger charge is -2.15. The third-order valence-corrected chi connectivity index (χ3v) is 3.40. The largest absolute Gasteiger partial charge is 0.494 e. The third-order valence-electron chi connectivity index (χ3n) is 3.40. The number of hydrogen-bond acceptors (Lipinski definition) is 3. The van der Waals surface area contributed by atoms with Crippen LogP contribution in [0, 0.1) is 0 Å². The van der Waals surface area contributed by atoms with Gasteiger partial charge in [0.15, 0.2) is 0 Å². The van der Waals surface area contributed by atoms with Gasteiger partial charge in [0, 0.05) is 11.9 Å². The van der Waals surface area contributed by atoms with Gasteiger partial charge in [-0.2, -0.15) is 5.10 Å². The molecule has 4 nitrogen and oxygen atoms in total. The zero-order chi connectivity index (χ0) is 14.4. The Morgan fingerprint density at radius 2 is 2.10 bits per heavy atom. The number of unbranched alkanes of at least 4 members (excludes halogenated alkanes) is 1. The second-order valence-corrected chi connectivity index (χ2v) is 5.32. The van der Waals surface area contributed by atoms with Crippen molar-refractivity contribution in [2.24, 2.45) is 0 Å². The first-order chi connectivity index (χ1) is 9.74. The van der Waals surface area contributed by atoms with Crippen molar-refractivity contribution in [1.29, 1.82) is 0 Å². The third kappa shape index (κ3) is 3.73. The summed E-state index contributed by atoms with van der Waals surface area (Å²) in [5, 5.41) is 8.69. The molecule has 0 spiro atoms. The van der Waals surface area contributed by atoms with E-state index >= 15 is 0 Å². The maximum absolute atomic E-state index is 5.70.